The Bertz CT molecular complexity index is 1070. The van der Waals surface area contributed by atoms with Crippen LogP contribution in [0.25, 0.3) is 0 Å². The van der Waals surface area contributed by atoms with E-state index in [1.807, 2.05) is 6.07 Å². The Morgan fingerprint density at radius 2 is 1.89 bits per heavy atom. The number of ether oxygens (including phenoxy) is 1. The average molecular weight is 489 g/mol. The van der Waals surface area contributed by atoms with Crippen molar-refractivity contribution in [1.29, 1.82) is 0 Å². The van der Waals surface area contributed by atoms with Gasteiger partial charge in [0, 0.05) is 43.1 Å². The van der Waals surface area contributed by atoms with Crippen LogP contribution in [0.5, 0.6) is 5.88 Å². The number of hydrogen-bond donors (Lipinski definition) is 1. The molecule has 0 unspecified atom stereocenters. The van der Waals surface area contributed by atoms with Gasteiger partial charge >= 0.3 is 5.88 Å². The van der Waals surface area contributed by atoms with Gasteiger partial charge < -0.3 is 15.0 Å². The Morgan fingerprint density at radius 1 is 1.06 bits per heavy atom. The number of piperidine rings is 1. The van der Waals surface area contributed by atoms with Gasteiger partial charge in [0.25, 0.3) is 0 Å². The highest BCUT2D eigenvalue weighted by molar-refractivity contribution is 5.82. The summed E-state index contributed by atoms with van der Waals surface area (Å²) in [6.07, 6.45) is 12.0. The van der Waals surface area contributed by atoms with E-state index in [-0.39, 0.29) is 11.3 Å². The lowest BCUT2D eigenvalue weighted by atomic mass is 9.64. The van der Waals surface area contributed by atoms with Crippen molar-refractivity contribution >= 4 is 5.91 Å². The molecular formula is C31H42N3O2+. The first-order chi connectivity index (χ1) is 17.7. The number of carbonyl (C=O) groups is 1. The first kappa shape index (κ1) is 24.0. The third-order valence-corrected chi connectivity index (χ3v) is 9.95. The molecule has 2 aliphatic carbocycles. The first-order valence-electron chi connectivity index (χ1n) is 14.4. The Kier molecular flexibility index (Phi) is 6.76. The van der Waals surface area contributed by atoms with E-state index in [4.69, 9.17) is 4.74 Å². The number of likely N-dealkylation sites (tertiary alicyclic amines) is 1. The van der Waals surface area contributed by atoms with Crippen molar-refractivity contribution in [3.05, 3.63) is 59.3 Å². The predicted octanol–water partition coefficient (Wildman–Crippen LogP) is 4.66. The maximum atomic E-state index is 14.6. The topological polar surface area (TPSA) is 55.7 Å². The van der Waals surface area contributed by atoms with Gasteiger partial charge in [-0.25, -0.2) is 0 Å². The van der Waals surface area contributed by atoms with Crippen LogP contribution in [0, 0.1) is 11.8 Å². The largest absolute Gasteiger partial charge is 0.448 e. The van der Waals surface area contributed by atoms with Crippen LogP contribution in [0.1, 0.15) is 80.5 Å². The molecule has 2 aliphatic heterocycles. The van der Waals surface area contributed by atoms with Gasteiger partial charge in [-0.3, -0.25) is 4.79 Å². The molecule has 4 aliphatic rings. The van der Waals surface area contributed by atoms with E-state index in [1.165, 1.54) is 48.9 Å². The van der Waals surface area contributed by atoms with Crippen LogP contribution in [0.3, 0.4) is 0 Å². The van der Waals surface area contributed by atoms with Crippen molar-refractivity contribution in [2.75, 3.05) is 26.7 Å². The molecular weight excluding hydrogens is 446 g/mol. The van der Waals surface area contributed by atoms with Crippen LogP contribution < -0.4 is 15.0 Å². The summed E-state index contributed by atoms with van der Waals surface area (Å²) in [5, 5.41) is 3.66. The standard InChI is InChI=1S/C31H41N3O2/c1-36-29-15-14-25-27(33-29)13-8-17-31(25)21-32-20-26(31)30(35)34-18-16-24(22-9-4-2-5-10-22)19-28(34)23-11-6-3-7-12-23/h2,4-5,9-10,14-15,23-24,26,28,32H,3,6-8,11-13,16-21H2,1H3/p+1/t24-,26+,28+,31+/m1/s1. The van der Waals surface area contributed by atoms with Crippen molar-refractivity contribution in [1.82, 2.24) is 10.2 Å². The molecule has 2 saturated heterocycles. The van der Waals surface area contributed by atoms with E-state index in [0.29, 0.717) is 23.8 Å². The highest BCUT2D eigenvalue weighted by Gasteiger charge is 2.53. The van der Waals surface area contributed by atoms with Gasteiger partial charge in [-0.15, -0.1) is 0 Å². The van der Waals surface area contributed by atoms with Crippen molar-refractivity contribution in [2.24, 2.45) is 11.8 Å². The molecule has 0 bridgehead atoms. The van der Waals surface area contributed by atoms with Crippen molar-refractivity contribution in [3.8, 4) is 5.88 Å². The van der Waals surface area contributed by atoms with Crippen LogP contribution in [0.2, 0.25) is 0 Å². The van der Waals surface area contributed by atoms with E-state index in [2.05, 4.69) is 51.6 Å². The fraction of sp³-hybridized carbons (Fsp3) is 0.613. The molecule has 1 aromatic carbocycles. The number of nitrogens with zero attached hydrogens (tertiary/aromatic N) is 1. The Labute approximate surface area is 216 Å². The van der Waals surface area contributed by atoms with Gasteiger partial charge in [-0.1, -0.05) is 49.6 Å². The number of carbonyl (C=O) groups excluding carboxylic acids is 1. The van der Waals surface area contributed by atoms with E-state index < -0.39 is 0 Å². The third kappa shape index (κ3) is 4.23. The molecule has 1 aromatic heterocycles. The van der Waals surface area contributed by atoms with E-state index in [0.717, 1.165) is 57.6 Å². The number of rotatable bonds is 4. The number of aryl methyl sites for hydroxylation is 1. The zero-order chi connectivity index (χ0) is 24.5. The summed E-state index contributed by atoms with van der Waals surface area (Å²) < 4.78 is 5.48. The van der Waals surface area contributed by atoms with Gasteiger partial charge in [0.1, 0.15) is 0 Å². The summed E-state index contributed by atoms with van der Waals surface area (Å²) in [7, 11) is 1.71. The van der Waals surface area contributed by atoms with Crippen molar-refractivity contribution in [2.45, 2.75) is 81.6 Å². The monoisotopic (exact) mass is 488 g/mol. The Hall–Kier alpha value is -2.40. The van der Waals surface area contributed by atoms with E-state index in [9.17, 15) is 4.79 Å². The van der Waals surface area contributed by atoms with Gasteiger partial charge in [-0.2, -0.15) is 4.98 Å². The summed E-state index contributed by atoms with van der Waals surface area (Å²) in [5.41, 5.74) is 3.94. The number of pyridine rings is 1. The van der Waals surface area contributed by atoms with Gasteiger partial charge in [0.15, 0.2) is 5.69 Å². The second-order valence-corrected chi connectivity index (χ2v) is 11.7. The summed E-state index contributed by atoms with van der Waals surface area (Å²) in [5.74, 6) is 2.44. The minimum absolute atomic E-state index is 0.0118. The molecule has 1 saturated carbocycles. The summed E-state index contributed by atoms with van der Waals surface area (Å²) in [6, 6.07) is 15.7. The number of amides is 1. The number of aromatic amines is 1. The zero-order valence-electron chi connectivity index (χ0n) is 21.8. The van der Waals surface area contributed by atoms with E-state index in [1.54, 1.807) is 7.11 Å². The van der Waals surface area contributed by atoms with E-state index >= 15 is 0 Å². The predicted molar refractivity (Wildman–Crippen MR) is 141 cm³/mol. The highest BCUT2D eigenvalue weighted by Crippen LogP contribution is 2.47. The molecule has 192 valence electrons. The molecule has 5 nitrogen and oxygen atoms in total. The molecule has 0 radical (unpaired) electrons. The lowest BCUT2D eigenvalue weighted by molar-refractivity contribution is -0.406. The second-order valence-electron chi connectivity index (χ2n) is 11.7. The number of benzene rings is 1. The van der Waals surface area contributed by atoms with Crippen LogP contribution in [-0.2, 0) is 16.6 Å². The van der Waals surface area contributed by atoms with Gasteiger partial charge in [0.2, 0.25) is 5.91 Å². The number of H-pyrrole nitrogens is 1. The molecule has 3 fully saturated rings. The normalized spacial score (nSPS) is 30.8. The average Bonchev–Trinajstić information content (AvgIpc) is 3.37. The van der Waals surface area contributed by atoms with Crippen LogP contribution in [0.4, 0.5) is 0 Å². The number of nitrogens with one attached hydrogen (secondary N) is 2. The first-order valence-corrected chi connectivity index (χ1v) is 14.4. The number of methoxy groups -OCH3 is 1. The van der Waals surface area contributed by atoms with Crippen LogP contribution >= 0.6 is 0 Å². The molecule has 3 heterocycles. The highest BCUT2D eigenvalue weighted by atomic mass is 16.5. The maximum Gasteiger partial charge on any atom is 0.366 e. The zero-order valence-corrected chi connectivity index (χ0v) is 21.8. The number of aromatic nitrogens is 1. The van der Waals surface area contributed by atoms with Gasteiger partial charge in [-0.05, 0) is 62.0 Å². The fourth-order valence-electron chi connectivity index (χ4n) is 8.11. The molecule has 2 N–H and O–H groups in total. The van der Waals surface area contributed by atoms with Crippen LogP contribution in [-0.4, -0.2) is 43.6 Å². The van der Waals surface area contributed by atoms with Crippen molar-refractivity contribution in [3.63, 3.8) is 0 Å². The smallest absolute Gasteiger partial charge is 0.366 e. The molecule has 1 amide bonds. The number of hydrogen-bond acceptors (Lipinski definition) is 3. The SMILES string of the molecule is COc1ccc2c([nH+]1)CCC[C@]21CNC[C@H]1C(=O)N1CC[C@@H](c2ccccc2)C[C@H]1C1CCCCC1. The summed E-state index contributed by atoms with van der Waals surface area (Å²) >= 11 is 0. The van der Waals surface area contributed by atoms with Crippen LogP contribution in [0.15, 0.2) is 42.5 Å². The number of fused-ring (bicyclic) bond motifs is 2. The van der Waals surface area contributed by atoms with Crippen molar-refractivity contribution < 1.29 is 14.5 Å². The maximum absolute atomic E-state index is 14.6. The molecule has 5 heteroatoms. The molecule has 1 spiro atoms. The molecule has 2 aromatic rings. The molecule has 4 atom stereocenters. The fourth-order valence-corrected chi connectivity index (χ4v) is 8.11. The minimum atomic E-state index is -0.110. The molecule has 6 rings (SSSR count). The minimum Gasteiger partial charge on any atom is -0.448 e. The Balaban J connectivity index is 1.30. The third-order valence-electron chi connectivity index (χ3n) is 9.95. The molecule has 36 heavy (non-hydrogen) atoms. The Morgan fingerprint density at radius 3 is 2.69 bits per heavy atom. The lowest BCUT2D eigenvalue weighted by Crippen LogP contribution is -2.55. The quantitative estimate of drug-likeness (QED) is 0.681. The second kappa shape index (κ2) is 10.2. The van der Waals surface area contributed by atoms with Gasteiger partial charge in [0.05, 0.1) is 19.1 Å². The summed E-state index contributed by atoms with van der Waals surface area (Å²) in [6.45, 7) is 2.58. The lowest BCUT2D eigenvalue weighted by Gasteiger charge is -2.47. The summed E-state index contributed by atoms with van der Waals surface area (Å²) in [4.78, 5) is 20.4.